The number of piperazine rings is 1. The maximum atomic E-state index is 15.0. The van der Waals surface area contributed by atoms with Crippen LogP contribution in [0.3, 0.4) is 0 Å². The van der Waals surface area contributed by atoms with Gasteiger partial charge in [0.25, 0.3) is 0 Å². The van der Waals surface area contributed by atoms with Crippen molar-refractivity contribution in [1.29, 1.82) is 5.26 Å². The lowest BCUT2D eigenvalue weighted by Gasteiger charge is -2.62. The van der Waals surface area contributed by atoms with E-state index < -0.39 is 46.9 Å². The van der Waals surface area contributed by atoms with E-state index in [2.05, 4.69) is 27.3 Å². The highest BCUT2D eigenvalue weighted by molar-refractivity contribution is 7.99. The van der Waals surface area contributed by atoms with Crippen LogP contribution in [0.4, 0.5) is 0 Å². The molecule has 2 fully saturated rings. The van der Waals surface area contributed by atoms with Gasteiger partial charge in [-0.05, 0) is 81.0 Å². The van der Waals surface area contributed by atoms with Crippen molar-refractivity contribution in [3.63, 3.8) is 0 Å². The highest BCUT2D eigenvalue weighted by Crippen LogP contribution is 2.65. The topological polar surface area (TPSA) is 178 Å². The Hall–Kier alpha value is -5.21. The molecule has 0 aromatic heterocycles. The van der Waals surface area contributed by atoms with Crippen molar-refractivity contribution in [3.05, 3.63) is 62.7 Å². The van der Waals surface area contributed by atoms with E-state index in [1.807, 2.05) is 34.7 Å². The lowest BCUT2D eigenvalue weighted by molar-refractivity contribution is -0.157. The fourth-order valence-electron chi connectivity index (χ4n) is 10.9. The summed E-state index contributed by atoms with van der Waals surface area (Å²) in [5.41, 5.74) is 4.48. The Bertz CT molecular complexity index is 2420. The van der Waals surface area contributed by atoms with Crippen molar-refractivity contribution in [1.82, 2.24) is 15.1 Å². The van der Waals surface area contributed by atoms with Crippen molar-refractivity contribution < 1.29 is 52.6 Å². The molecule has 2 N–H and O–H groups in total. The third-order valence-corrected chi connectivity index (χ3v) is 15.0. The predicted molar refractivity (Wildman–Crippen MR) is 226 cm³/mol. The third kappa shape index (κ3) is 6.29. The largest absolute Gasteiger partial charge is 0.504 e. The van der Waals surface area contributed by atoms with E-state index in [4.69, 9.17) is 33.2 Å². The number of likely N-dealkylation sites (N-methyl/N-ethyl adjacent to an activating group) is 1. The van der Waals surface area contributed by atoms with Crippen LogP contribution in [0.15, 0.2) is 18.2 Å². The first-order chi connectivity index (χ1) is 29.9. The average Bonchev–Trinajstić information content (AvgIpc) is 3.74. The van der Waals surface area contributed by atoms with Crippen LogP contribution in [-0.2, 0) is 37.5 Å². The van der Waals surface area contributed by atoms with Crippen molar-refractivity contribution in [2.75, 3.05) is 47.0 Å². The number of aromatic hydroxyl groups is 1. The average molecular weight is 869 g/mol. The van der Waals surface area contributed by atoms with E-state index >= 15 is 0 Å². The molecule has 0 radical (unpaired) electrons. The normalized spacial score (nSPS) is 26.9. The zero-order valence-corrected chi connectivity index (χ0v) is 36.9. The number of fused-ring (bicyclic) bond motifs is 9. The minimum Gasteiger partial charge on any atom is -0.504 e. The van der Waals surface area contributed by atoms with Crippen LogP contribution in [0.25, 0.3) is 0 Å². The van der Waals surface area contributed by atoms with Gasteiger partial charge in [0.1, 0.15) is 18.4 Å². The van der Waals surface area contributed by atoms with E-state index in [0.717, 1.165) is 22.3 Å². The number of benzene rings is 3. The number of methoxy groups -OCH3 is 2. The van der Waals surface area contributed by atoms with Gasteiger partial charge in [-0.3, -0.25) is 24.7 Å². The smallest absolute Gasteiger partial charge is 0.331 e. The van der Waals surface area contributed by atoms with Crippen LogP contribution < -0.4 is 33.7 Å². The van der Waals surface area contributed by atoms with Gasteiger partial charge in [0.15, 0.2) is 40.0 Å². The lowest BCUT2D eigenvalue weighted by atomic mass is 9.71. The molecular weight excluding hydrogens is 817 g/mol. The quantitative estimate of drug-likeness (QED) is 0.206. The second-order valence-corrected chi connectivity index (χ2v) is 18.1. The van der Waals surface area contributed by atoms with Crippen LogP contribution in [0.1, 0.15) is 101 Å². The number of hydrogen-bond acceptors (Lipinski definition) is 16. The Morgan fingerprint density at radius 2 is 1.69 bits per heavy atom. The molecule has 16 heteroatoms. The third-order valence-electron chi connectivity index (χ3n) is 13.5. The molecule has 15 nitrogen and oxygen atoms in total. The van der Waals surface area contributed by atoms with Crippen molar-refractivity contribution in [2.24, 2.45) is 0 Å². The summed E-state index contributed by atoms with van der Waals surface area (Å²) in [6.07, 6.45) is 2.56. The van der Waals surface area contributed by atoms with Crippen molar-refractivity contribution in [3.8, 4) is 46.3 Å². The van der Waals surface area contributed by atoms with E-state index in [0.29, 0.717) is 83.2 Å². The molecule has 7 aliphatic rings. The number of phenols is 1. The Morgan fingerprint density at radius 3 is 2.39 bits per heavy atom. The van der Waals surface area contributed by atoms with Crippen LogP contribution in [0.5, 0.6) is 40.2 Å². The second kappa shape index (κ2) is 16.2. The number of esters is 3. The Labute approximate surface area is 364 Å². The van der Waals surface area contributed by atoms with E-state index in [1.54, 1.807) is 19.2 Å². The fraction of sp³-hybridized carbons (Fsp3) is 0.522. The number of ether oxygens (including phenoxy) is 7. The maximum absolute atomic E-state index is 15.0. The SMILES string of the molecule is CCCC(=O)Oc1c(C)c2c(c3c1[C@H]1SC[C@]4(NCCc5cc(O)c(OC)cc54)C(=O)OC[C@H]3N3C1[C@H]1c4c(cc(C)c(OC)c4OC(=O)CCC)C[C@H]([C@@H]3C#N)N1C)OCO2. The first-order valence-electron chi connectivity index (χ1n) is 21.3. The Morgan fingerprint density at radius 1 is 0.968 bits per heavy atom. The molecule has 3 aromatic rings. The van der Waals surface area contributed by atoms with Gasteiger partial charge in [0, 0.05) is 59.5 Å². The molecule has 4 bridgehead atoms. The van der Waals surface area contributed by atoms with Crippen LogP contribution >= 0.6 is 11.8 Å². The number of carbonyl (C=O) groups is 3. The molecule has 1 spiro atoms. The minimum atomic E-state index is -1.39. The number of phenolic OH excluding ortho intramolecular Hbond substituents is 1. The standard InChI is InChI=1S/C46H52N4O11S/c1-8-10-32(52)60-40-23(4)41-42(59-21-58-41)35-29-19-57-45(54)46(26-17-31(55-6)30(51)16-24(26)12-13-48-46)20-62-44(36(35)40)38-37-34-25(15-27(49(37)5)28(18-47)50(29)38)14-22(3)39(56-7)43(34)61-33(53)11-9-2/h14,16-17,27-29,37-38,44,48,51H,8-13,15,19-21H2,1-7H3/t27-,28+,29-,37-,38?,44-,46-/m1/s1. The molecule has 0 amide bonds. The molecule has 7 heterocycles. The molecule has 62 heavy (non-hydrogen) atoms. The van der Waals surface area contributed by atoms with Gasteiger partial charge in [0.05, 0.1) is 37.6 Å². The molecule has 2 saturated heterocycles. The number of hydrogen-bond donors (Lipinski definition) is 2. The van der Waals surface area contributed by atoms with Gasteiger partial charge < -0.3 is 38.3 Å². The number of aryl methyl sites for hydroxylation is 1. The Kier molecular flexibility index (Phi) is 11.0. The van der Waals surface area contributed by atoms with Gasteiger partial charge in [-0.25, -0.2) is 4.79 Å². The van der Waals surface area contributed by atoms with Crippen molar-refractivity contribution >= 4 is 29.7 Å². The summed E-state index contributed by atoms with van der Waals surface area (Å²) in [5, 5.41) is 25.1. The summed E-state index contributed by atoms with van der Waals surface area (Å²) < 4.78 is 43.3. The number of rotatable bonds is 8. The summed E-state index contributed by atoms with van der Waals surface area (Å²) in [5.74, 6) is 1.05. The van der Waals surface area contributed by atoms with E-state index in [9.17, 15) is 24.8 Å². The molecule has 7 aliphatic heterocycles. The van der Waals surface area contributed by atoms with Gasteiger partial charge in [-0.15, -0.1) is 11.8 Å². The molecule has 328 valence electrons. The van der Waals surface area contributed by atoms with E-state index in [1.165, 1.54) is 18.9 Å². The van der Waals surface area contributed by atoms with Crippen LogP contribution in [-0.4, -0.2) is 97.9 Å². The predicted octanol–water partition coefficient (Wildman–Crippen LogP) is 5.77. The highest BCUT2D eigenvalue weighted by Gasteiger charge is 2.62. The van der Waals surface area contributed by atoms with E-state index in [-0.39, 0.29) is 55.5 Å². The highest BCUT2D eigenvalue weighted by atomic mass is 32.2. The Balaban J connectivity index is 1.34. The molecular formula is C46H52N4O11S. The van der Waals surface area contributed by atoms with Gasteiger partial charge in [0.2, 0.25) is 6.79 Å². The molecule has 0 saturated carbocycles. The fourth-order valence-corrected chi connectivity index (χ4v) is 12.5. The summed E-state index contributed by atoms with van der Waals surface area (Å²) in [6, 6.07) is 5.18. The summed E-state index contributed by atoms with van der Waals surface area (Å²) in [4.78, 5) is 46.5. The summed E-state index contributed by atoms with van der Waals surface area (Å²) in [7, 11) is 5.04. The maximum Gasteiger partial charge on any atom is 0.331 e. The van der Waals surface area contributed by atoms with Crippen molar-refractivity contribution in [2.45, 2.75) is 107 Å². The summed E-state index contributed by atoms with van der Waals surface area (Å²) in [6.45, 7) is 7.77. The second-order valence-electron chi connectivity index (χ2n) is 16.9. The van der Waals surface area contributed by atoms with Gasteiger partial charge >= 0.3 is 17.9 Å². The number of nitrogens with one attached hydrogen (secondary N) is 1. The van der Waals surface area contributed by atoms with Crippen LogP contribution in [0.2, 0.25) is 0 Å². The zero-order chi connectivity index (χ0) is 43.8. The first kappa shape index (κ1) is 42.1. The number of nitriles is 1. The molecule has 0 aliphatic carbocycles. The molecule has 10 rings (SSSR count). The zero-order valence-electron chi connectivity index (χ0n) is 36.0. The first-order valence-corrected chi connectivity index (χ1v) is 22.4. The summed E-state index contributed by atoms with van der Waals surface area (Å²) >= 11 is 1.49. The monoisotopic (exact) mass is 868 g/mol. The lowest BCUT2D eigenvalue weighted by Crippen LogP contribution is -2.69. The van der Waals surface area contributed by atoms with Crippen LogP contribution in [0, 0.1) is 25.2 Å². The molecule has 1 unspecified atom stereocenters. The minimum absolute atomic E-state index is 0.0303. The van der Waals surface area contributed by atoms with Gasteiger partial charge in [-0.2, -0.15) is 5.26 Å². The number of carbonyl (C=O) groups excluding carboxylic acids is 3. The molecule has 3 aromatic carbocycles. The number of thioether (sulfide) groups is 1. The number of nitrogens with zero attached hydrogens (tertiary/aromatic N) is 3. The molecule has 7 atom stereocenters. The van der Waals surface area contributed by atoms with Gasteiger partial charge in [-0.1, -0.05) is 19.9 Å².